The van der Waals surface area contributed by atoms with Gasteiger partial charge in [-0.25, -0.2) is 4.39 Å². The number of rotatable bonds is 2. The first-order valence-corrected chi connectivity index (χ1v) is 7.91. The van der Waals surface area contributed by atoms with Crippen molar-refractivity contribution in [1.82, 2.24) is 10.2 Å². The van der Waals surface area contributed by atoms with Gasteiger partial charge < -0.3 is 5.32 Å². The lowest BCUT2D eigenvalue weighted by molar-refractivity contribution is 0.108. The van der Waals surface area contributed by atoms with Crippen molar-refractivity contribution in [2.75, 3.05) is 19.6 Å². The van der Waals surface area contributed by atoms with Crippen LogP contribution in [0.1, 0.15) is 24.8 Å². The van der Waals surface area contributed by atoms with Crippen LogP contribution in [-0.2, 0) is 6.54 Å². The summed E-state index contributed by atoms with van der Waals surface area (Å²) in [6, 6.07) is 6.07. The molecule has 104 valence electrons. The number of fused-ring (bicyclic) bond motifs is 1. The molecule has 1 N–H and O–H groups in total. The van der Waals surface area contributed by atoms with Gasteiger partial charge in [-0.1, -0.05) is 22.0 Å². The summed E-state index contributed by atoms with van der Waals surface area (Å²) >= 11 is 3.31. The van der Waals surface area contributed by atoms with Gasteiger partial charge in [0.25, 0.3) is 0 Å². The lowest BCUT2D eigenvalue weighted by Crippen LogP contribution is -2.51. The van der Waals surface area contributed by atoms with Crippen molar-refractivity contribution in [2.45, 2.75) is 31.8 Å². The van der Waals surface area contributed by atoms with Crippen molar-refractivity contribution in [3.05, 3.63) is 34.1 Å². The maximum absolute atomic E-state index is 13.9. The van der Waals surface area contributed by atoms with Crippen molar-refractivity contribution in [1.29, 1.82) is 0 Å². The highest BCUT2D eigenvalue weighted by Crippen LogP contribution is 2.26. The number of halogens is 2. The molecule has 1 aromatic carbocycles. The standard InChI is InChI=1S/C15H20BrFN2/c16-13-4-3-11(14(17)8-13)9-19-7-5-15-12(10-19)2-1-6-18-15/h3-4,8,12,15,18H,1-2,5-7,9-10H2. The molecule has 2 aliphatic heterocycles. The number of hydrogen-bond acceptors (Lipinski definition) is 2. The Bertz CT molecular complexity index is 452. The van der Waals surface area contributed by atoms with Gasteiger partial charge in [0.1, 0.15) is 5.82 Å². The monoisotopic (exact) mass is 326 g/mol. The molecule has 3 rings (SSSR count). The van der Waals surface area contributed by atoms with Crippen molar-refractivity contribution in [2.24, 2.45) is 5.92 Å². The number of piperidine rings is 2. The fourth-order valence-corrected chi connectivity index (χ4v) is 3.69. The summed E-state index contributed by atoms with van der Waals surface area (Å²) in [5.74, 6) is 0.652. The molecule has 0 spiro atoms. The highest BCUT2D eigenvalue weighted by molar-refractivity contribution is 9.10. The smallest absolute Gasteiger partial charge is 0.128 e. The lowest BCUT2D eigenvalue weighted by atomic mass is 9.85. The number of nitrogens with zero attached hydrogens (tertiary/aromatic N) is 1. The Kier molecular flexibility index (Phi) is 4.20. The Hall–Kier alpha value is -0.450. The number of nitrogens with one attached hydrogen (secondary N) is 1. The molecule has 0 aromatic heterocycles. The van der Waals surface area contributed by atoms with Gasteiger partial charge in [0, 0.05) is 29.2 Å². The van der Waals surface area contributed by atoms with Gasteiger partial charge in [-0.05, 0) is 50.4 Å². The molecular formula is C15H20BrFN2. The van der Waals surface area contributed by atoms with Crippen LogP contribution in [0, 0.1) is 11.7 Å². The van der Waals surface area contributed by atoms with Gasteiger partial charge in [0.15, 0.2) is 0 Å². The zero-order valence-corrected chi connectivity index (χ0v) is 12.6. The molecule has 0 saturated carbocycles. The fourth-order valence-electron chi connectivity index (χ4n) is 3.35. The van der Waals surface area contributed by atoms with E-state index in [9.17, 15) is 4.39 Å². The minimum absolute atomic E-state index is 0.0988. The second kappa shape index (κ2) is 5.90. The molecule has 0 aliphatic carbocycles. The van der Waals surface area contributed by atoms with Crippen molar-refractivity contribution in [3.63, 3.8) is 0 Å². The lowest BCUT2D eigenvalue weighted by Gasteiger charge is -2.41. The molecule has 1 aromatic rings. The largest absolute Gasteiger partial charge is 0.314 e. The van der Waals surface area contributed by atoms with Gasteiger partial charge in [0.2, 0.25) is 0 Å². The maximum Gasteiger partial charge on any atom is 0.128 e. The van der Waals surface area contributed by atoms with Crippen LogP contribution in [0.25, 0.3) is 0 Å². The zero-order chi connectivity index (χ0) is 13.2. The van der Waals surface area contributed by atoms with Crippen LogP contribution in [0.2, 0.25) is 0 Å². The SMILES string of the molecule is Fc1cc(Br)ccc1CN1CCC2NCCCC2C1. The van der Waals surface area contributed by atoms with E-state index in [1.807, 2.05) is 12.1 Å². The van der Waals surface area contributed by atoms with Crippen LogP contribution in [0.15, 0.2) is 22.7 Å². The Morgan fingerprint density at radius 2 is 2.26 bits per heavy atom. The van der Waals surface area contributed by atoms with Crippen LogP contribution in [0.3, 0.4) is 0 Å². The second-order valence-corrected chi connectivity index (χ2v) is 6.64. The first-order chi connectivity index (χ1) is 9.22. The van der Waals surface area contributed by atoms with E-state index in [-0.39, 0.29) is 5.82 Å². The van der Waals surface area contributed by atoms with E-state index in [1.165, 1.54) is 25.8 Å². The highest BCUT2D eigenvalue weighted by atomic mass is 79.9. The van der Waals surface area contributed by atoms with E-state index >= 15 is 0 Å². The van der Waals surface area contributed by atoms with Crippen LogP contribution < -0.4 is 5.32 Å². The van der Waals surface area contributed by atoms with Gasteiger partial charge in [-0.2, -0.15) is 0 Å². The Morgan fingerprint density at radius 3 is 3.11 bits per heavy atom. The topological polar surface area (TPSA) is 15.3 Å². The number of likely N-dealkylation sites (tertiary alicyclic amines) is 1. The average Bonchev–Trinajstić information content (AvgIpc) is 2.42. The summed E-state index contributed by atoms with van der Waals surface area (Å²) in [6.07, 6.45) is 3.79. The van der Waals surface area contributed by atoms with Gasteiger partial charge in [0.05, 0.1) is 0 Å². The fraction of sp³-hybridized carbons (Fsp3) is 0.600. The van der Waals surface area contributed by atoms with Crippen LogP contribution >= 0.6 is 15.9 Å². The van der Waals surface area contributed by atoms with E-state index in [4.69, 9.17) is 0 Å². The molecule has 2 aliphatic rings. The summed E-state index contributed by atoms with van der Waals surface area (Å²) in [7, 11) is 0. The third-order valence-corrected chi connectivity index (χ3v) is 4.88. The van der Waals surface area contributed by atoms with Gasteiger partial charge in [-0.3, -0.25) is 4.90 Å². The average molecular weight is 327 g/mol. The highest BCUT2D eigenvalue weighted by Gasteiger charge is 2.30. The molecule has 2 fully saturated rings. The molecule has 19 heavy (non-hydrogen) atoms. The normalized spacial score (nSPS) is 28.1. The van der Waals surface area contributed by atoms with Crippen molar-refractivity contribution in [3.8, 4) is 0 Å². The minimum Gasteiger partial charge on any atom is -0.314 e. The number of benzene rings is 1. The van der Waals surface area contributed by atoms with Crippen LogP contribution in [-0.4, -0.2) is 30.6 Å². The van der Waals surface area contributed by atoms with Crippen LogP contribution in [0.4, 0.5) is 4.39 Å². The minimum atomic E-state index is -0.0988. The number of hydrogen-bond donors (Lipinski definition) is 1. The Labute approximate surface area is 122 Å². The first kappa shape index (κ1) is 13.5. The zero-order valence-electron chi connectivity index (χ0n) is 11.0. The Morgan fingerprint density at radius 1 is 1.37 bits per heavy atom. The van der Waals surface area contributed by atoms with E-state index in [1.54, 1.807) is 6.07 Å². The predicted molar refractivity (Wildman–Crippen MR) is 78.5 cm³/mol. The van der Waals surface area contributed by atoms with E-state index in [0.717, 1.165) is 35.6 Å². The summed E-state index contributed by atoms with van der Waals surface area (Å²) in [4.78, 5) is 2.40. The molecule has 2 saturated heterocycles. The summed E-state index contributed by atoms with van der Waals surface area (Å²) in [6.45, 7) is 4.09. The van der Waals surface area contributed by atoms with E-state index in [0.29, 0.717) is 6.04 Å². The third-order valence-electron chi connectivity index (χ3n) is 4.39. The van der Waals surface area contributed by atoms with Crippen molar-refractivity contribution < 1.29 is 4.39 Å². The van der Waals surface area contributed by atoms with Crippen LogP contribution in [0.5, 0.6) is 0 Å². The van der Waals surface area contributed by atoms with E-state index < -0.39 is 0 Å². The van der Waals surface area contributed by atoms with Gasteiger partial charge in [-0.15, -0.1) is 0 Å². The molecule has 4 heteroatoms. The molecular weight excluding hydrogens is 307 g/mol. The van der Waals surface area contributed by atoms with Gasteiger partial charge >= 0.3 is 0 Å². The molecule has 0 amide bonds. The molecule has 2 heterocycles. The molecule has 2 atom stereocenters. The quantitative estimate of drug-likeness (QED) is 0.898. The third kappa shape index (κ3) is 3.18. The predicted octanol–water partition coefficient (Wildman–Crippen LogP) is 3.16. The Balaban J connectivity index is 1.64. The second-order valence-electron chi connectivity index (χ2n) is 5.72. The molecule has 0 bridgehead atoms. The molecule has 0 radical (unpaired) electrons. The summed E-state index contributed by atoms with van der Waals surface area (Å²) < 4.78 is 14.7. The first-order valence-electron chi connectivity index (χ1n) is 7.12. The summed E-state index contributed by atoms with van der Waals surface area (Å²) in [5.41, 5.74) is 0.811. The molecule has 2 nitrogen and oxygen atoms in total. The maximum atomic E-state index is 13.9. The van der Waals surface area contributed by atoms with E-state index in [2.05, 4.69) is 26.1 Å². The molecule has 2 unspecified atom stereocenters. The summed E-state index contributed by atoms with van der Waals surface area (Å²) in [5, 5.41) is 3.62. The van der Waals surface area contributed by atoms with Crippen molar-refractivity contribution >= 4 is 15.9 Å².